The van der Waals surface area contributed by atoms with E-state index >= 15 is 0 Å². The molecule has 0 aromatic carbocycles. The highest BCUT2D eigenvalue weighted by Crippen LogP contribution is 2.12. The van der Waals surface area contributed by atoms with Crippen LogP contribution in [0.15, 0.2) is 12.4 Å². The number of aromatic nitrogens is 2. The monoisotopic (exact) mass is 227 g/mol. The first-order valence-corrected chi connectivity index (χ1v) is 5.78. The Hall–Kier alpha value is -0.830. The van der Waals surface area contributed by atoms with Gasteiger partial charge in [0.15, 0.2) is 0 Å². The fraction of sp³-hybridized carbons (Fsp3) is 0.636. The van der Waals surface area contributed by atoms with E-state index in [1.54, 1.807) is 0 Å². The summed E-state index contributed by atoms with van der Waals surface area (Å²) in [4.78, 5) is 8.43. The van der Waals surface area contributed by atoms with Crippen molar-refractivity contribution in [2.45, 2.75) is 33.2 Å². The SMILES string of the molecule is Cc1cnc(NC(CCCl)C(C)C)nc1. The first-order valence-electron chi connectivity index (χ1n) is 5.24. The molecule has 3 nitrogen and oxygen atoms in total. The molecule has 0 aliphatic rings. The van der Waals surface area contributed by atoms with Gasteiger partial charge in [-0.05, 0) is 24.8 Å². The molecule has 0 amide bonds. The van der Waals surface area contributed by atoms with Crippen LogP contribution in [0, 0.1) is 12.8 Å². The molecule has 0 fully saturated rings. The van der Waals surface area contributed by atoms with E-state index in [0.29, 0.717) is 23.8 Å². The Morgan fingerprint density at radius 1 is 1.33 bits per heavy atom. The number of anilines is 1. The normalized spacial score (nSPS) is 12.9. The Balaban J connectivity index is 2.61. The van der Waals surface area contributed by atoms with E-state index in [4.69, 9.17) is 11.6 Å². The van der Waals surface area contributed by atoms with Crippen LogP contribution in [0.3, 0.4) is 0 Å². The maximum atomic E-state index is 5.75. The van der Waals surface area contributed by atoms with Crippen molar-refractivity contribution in [1.82, 2.24) is 9.97 Å². The molecule has 1 unspecified atom stereocenters. The molecule has 1 aromatic heterocycles. The van der Waals surface area contributed by atoms with E-state index in [2.05, 4.69) is 29.1 Å². The second kappa shape index (κ2) is 5.91. The third-order valence-electron chi connectivity index (χ3n) is 2.32. The van der Waals surface area contributed by atoms with Crippen LogP contribution in [-0.4, -0.2) is 21.9 Å². The number of hydrogen-bond acceptors (Lipinski definition) is 3. The second-order valence-electron chi connectivity index (χ2n) is 4.06. The lowest BCUT2D eigenvalue weighted by atomic mass is 10.0. The van der Waals surface area contributed by atoms with Crippen molar-refractivity contribution < 1.29 is 0 Å². The van der Waals surface area contributed by atoms with E-state index in [1.807, 2.05) is 19.3 Å². The lowest BCUT2D eigenvalue weighted by Crippen LogP contribution is -2.27. The number of halogens is 1. The predicted molar refractivity (Wildman–Crippen MR) is 64.4 cm³/mol. The number of nitrogens with one attached hydrogen (secondary N) is 1. The van der Waals surface area contributed by atoms with Crippen molar-refractivity contribution in [3.63, 3.8) is 0 Å². The molecule has 1 heterocycles. The molecule has 0 aliphatic carbocycles. The van der Waals surface area contributed by atoms with E-state index in [0.717, 1.165) is 12.0 Å². The third kappa shape index (κ3) is 4.04. The summed E-state index contributed by atoms with van der Waals surface area (Å²) in [6.45, 7) is 6.30. The molecule has 0 saturated heterocycles. The smallest absolute Gasteiger partial charge is 0.222 e. The highest BCUT2D eigenvalue weighted by Gasteiger charge is 2.13. The Labute approximate surface area is 96.3 Å². The predicted octanol–water partition coefficient (Wildman–Crippen LogP) is 2.85. The molecule has 0 radical (unpaired) electrons. The Morgan fingerprint density at radius 2 is 1.93 bits per heavy atom. The van der Waals surface area contributed by atoms with Gasteiger partial charge in [0.05, 0.1) is 0 Å². The average molecular weight is 228 g/mol. The van der Waals surface area contributed by atoms with Gasteiger partial charge in [0.1, 0.15) is 0 Å². The van der Waals surface area contributed by atoms with Crippen molar-refractivity contribution in [1.29, 1.82) is 0 Å². The zero-order valence-electron chi connectivity index (χ0n) is 9.50. The molecule has 0 aliphatic heterocycles. The highest BCUT2D eigenvalue weighted by atomic mass is 35.5. The van der Waals surface area contributed by atoms with Crippen LogP contribution >= 0.6 is 11.6 Å². The molecular formula is C11H18ClN3. The molecule has 1 atom stereocenters. The Kier molecular flexibility index (Phi) is 4.82. The van der Waals surface area contributed by atoms with E-state index < -0.39 is 0 Å². The van der Waals surface area contributed by atoms with Crippen LogP contribution in [0.5, 0.6) is 0 Å². The molecule has 0 bridgehead atoms. The number of hydrogen-bond donors (Lipinski definition) is 1. The zero-order valence-corrected chi connectivity index (χ0v) is 10.3. The molecule has 1 rings (SSSR count). The maximum Gasteiger partial charge on any atom is 0.222 e. The fourth-order valence-electron chi connectivity index (χ4n) is 1.32. The maximum absolute atomic E-state index is 5.75. The van der Waals surface area contributed by atoms with Gasteiger partial charge >= 0.3 is 0 Å². The zero-order chi connectivity index (χ0) is 11.3. The number of alkyl halides is 1. The van der Waals surface area contributed by atoms with Gasteiger partial charge in [0.2, 0.25) is 5.95 Å². The second-order valence-corrected chi connectivity index (χ2v) is 4.43. The minimum atomic E-state index is 0.338. The van der Waals surface area contributed by atoms with E-state index in [-0.39, 0.29) is 0 Å². The topological polar surface area (TPSA) is 37.8 Å². The van der Waals surface area contributed by atoms with E-state index in [9.17, 15) is 0 Å². The fourth-order valence-corrected chi connectivity index (χ4v) is 1.56. The minimum Gasteiger partial charge on any atom is -0.351 e. The summed E-state index contributed by atoms with van der Waals surface area (Å²) in [5, 5.41) is 3.30. The van der Waals surface area contributed by atoms with Crippen molar-refractivity contribution >= 4 is 17.5 Å². The van der Waals surface area contributed by atoms with Gasteiger partial charge in [0, 0.05) is 24.3 Å². The van der Waals surface area contributed by atoms with Crippen molar-refractivity contribution in [3.8, 4) is 0 Å². The first kappa shape index (κ1) is 12.2. The first-order chi connectivity index (χ1) is 7.13. The van der Waals surface area contributed by atoms with Gasteiger partial charge in [-0.3, -0.25) is 0 Å². The van der Waals surface area contributed by atoms with Crippen LogP contribution in [-0.2, 0) is 0 Å². The van der Waals surface area contributed by atoms with Crippen LogP contribution in [0.1, 0.15) is 25.8 Å². The summed E-state index contributed by atoms with van der Waals surface area (Å²) >= 11 is 5.75. The molecule has 1 aromatic rings. The van der Waals surface area contributed by atoms with Crippen LogP contribution < -0.4 is 5.32 Å². The molecule has 0 spiro atoms. The summed E-state index contributed by atoms with van der Waals surface area (Å²) in [5.74, 6) is 1.86. The van der Waals surface area contributed by atoms with Gasteiger partial charge in [0.25, 0.3) is 0 Å². The lowest BCUT2D eigenvalue weighted by Gasteiger charge is -2.21. The molecule has 15 heavy (non-hydrogen) atoms. The van der Waals surface area contributed by atoms with Crippen LogP contribution in [0.25, 0.3) is 0 Å². The molecule has 0 saturated carbocycles. The van der Waals surface area contributed by atoms with Crippen molar-refractivity contribution in [2.24, 2.45) is 5.92 Å². The molecule has 84 valence electrons. The number of nitrogens with zero attached hydrogens (tertiary/aromatic N) is 2. The van der Waals surface area contributed by atoms with E-state index in [1.165, 1.54) is 0 Å². The largest absolute Gasteiger partial charge is 0.351 e. The lowest BCUT2D eigenvalue weighted by molar-refractivity contribution is 0.510. The summed E-state index contributed by atoms with van der Waals surface area (Å²) < 4.78 is 0. The Bertz CT molecular complexity index is 284. The minimum absolute atomic E-state index is 0.338. The molecule has 4 heteroatoms. The van der Waals surface area contributed by atoms with Crippen molar-refractivity contribution in [3.05, 3.63) is 18.0 Å². The van der Waals surface area contributed by atoms with Gasteiger partial charge in [-0.25, -0.2) is 9.97 Å². The molecular weight excluding hydrogens is 210 g/mol. The van der Waals surface area contributed by atoms with Crippen LogP contribution in [0.4, 0.5) is 5.95 Å². The average Bonchev–Trinajstić information content (AvgIpc) is 2.20. The quantitative estimate of drug-likeness (QED) is 0.787. The van der Waals surface area contributed by atoms with Gasteiger partial charge in [-0.2, -0.15) is 0 Å². The highest BCUT2D eigenvalue weighted by molar-refractivity contribution is 6.17. The summed E-state index contributed by atoms with van der Waals surface area (Å²) in [6.07, 6.45) is 4.55. The summed E-state index contributed by atoms with van der Waals surface area (Å²) in [6, 6.07) is 0.338. The number of aryl methyl sites for hydroxylation is 1. The van der Waals surface area contributed by atoms with Gasteiger partial charge in [-0.1, -0.05) is 13.8 Å². The number of rotatable bonds is 5. The van der Waals surface area contributed by atoms with Gasteiger partial charge in [-0.15, -0.1) is 11.6 Å². The summed E-state index contributed by atoms with van der Waals surface area (Å²) in [7, 11) is 0. The van der Waals surface area contributed by atoms with Gasteiger partial charge < -0.3 is 5.32 Å². The summed E-state index contributed by atoms with van der Waals surface area (Å²) in [5.41, 5.74) is 1.07. The molecule has 1 N–H and O–H groups in total. The Morgan fingerprint density at radius 3 is 2.40 bits per heavy atom. The standard InChI is InChI=1S/C11H18ClN3/c1-8(2)10(4-5-12)15-11-13-6-9(3)7-14-11/h6-8,10H,4-5H2,1-3H3,(H,13,14,15). The third-order valence-corrected chi connectivity index (χ3v) is 2.54. The van der Waals surface area contributed by atoms with Crippen molar-refractivity contribution in [2.75, 3.05) is 11.2 Å². The van der Waals surface area contributed by atoms with Crippen LogP contribution in [0.2, 0.25) is 0 Å².